The smallest absolute Gasteiger partial charge is 0.335 e. The molecule has 1 amide bonds. The molecule has 2 aliphatic rings. The molecule has 148 valence electrons. The molecule has 2 N–H and O–H groups in total. The third-order valence-electron chi connectivity index (χ3n) is 6.20. The van der Waals surface area contributed by atoms with Gasteiger partial charge in [0.25, 0.3) is 0 Å². The van der Waals surface area contributed by atoms with Gasteiger partial charge in [-0.2, -0.15) is 0 Å². The van der Waals surface area contributed by atoms with Crippen LogP contribution in [0, 0.1) is 6.92 Å². The Labute approximate surface area is 168 Å². The number of carboxylic acid groups (broad SMARTS) is 1. The first-order valence-electron chi connectivity index (χ1n) is 10.2. The monoisotopic (exact) mass is 389 g/mol. The second-order valence-electron chi connectivity index (χ2n) is 8.12. The number of anilines is 1. The first kappa shape index (κ1) is 17.9. The number of rotatable bonds is 2. The molecule has 29 heavy (non-hydrogen) atoms. The average Bonchev–Trinajstić information content (AvgIpc) is 2.95. The highest BCUT2D eigenvalue weighted by atomic mass is 16.4. The van der Waals surface area contributed by atoms with Crippen molar-refractivity contribution in [1.82, 2.24) is 9.55 Å². The summed E-state index contributed by atoms with van der Waals surface area (Å²) >= 11 is 0. The third-order valence-corrected chi connectivity index (χ3v) is 6.20. The van der Waals surface area contributed by atoms with Gasteiger partial charge in [0.2, 0.25) is 5.91 Å². The molecule has 0 radical (unpaired) electrons. The van der Waals surface area contributed by atoms with Crippen LogP contribution in [0.1, 0.15) is 59.6 Å². The van der Waals surface area contributed by atoms with Crippen LogP contribution in [0.4, 0.5) is 5.69 Å². The number of benzene rings is 1. The van der Waals surface area contributed by atoms with Gasteiger partial charge in [0.05, 0.1) is 22.5 Å². The van der Waals surface area contributed by atoms with Gasteiger partial charge >= 0.3 is 5.97 Å². The summed E-state index contributed by atoms with van der Waals surface area (Å²) in [4.78, 5) is 29.1. The zero-order chi connectivity index (χ0) is 20.1. The Morgan fingerprint density at radius 2 is 1.97 bits per heavy atom. The first-order valence-corrected chi connectivity index (χ1v) is 10.2. The molecule has 2 aromatic heterocycles. The Morgan fingerprint density at radius 3 is 2.72 bits per heavy atom. The van der Waals surface area contributed by atoms with Crippen LogP contribution in [0.25, 0.3) is 22.3 Å². The standard InChI is InChI=1S/C23H23N3O3/c1-13-7-10-17-21(24-13)22-20(14-5-3-2-4-6-14)16-9-8-15(23(28)29)11-18(16)26(22)12-19(27)25-17/h7-11,14H,2-6,12H2,1H3,(H,25,27)(H,28,29). The molecule has 3 aromatic rings. The minimum atomic E-state index is -0.964. The number of hydrogen-bond acceptors (Lipinski definition) is 3. The van der Waals surface area contributed by atoms with Gasteiger partial charge in [-0.05, 0) is 55.5 Å². The van der Waals surface area contributed by atoms with Crippen molar-refractivity contribution in [3.8, 4) is 11.4 Å². The van der Waals surface area contributed by atoms with E-state index in [1.54, 1.807) is 12.1 Å². The topological polar surface area (TPSA) is 84.2 Å². The lowest BCUT2D eigenvalue weighted by Crippen LogP contribution is -2.16. The average molecular weight is 389 g/mol. The molecule has 5 rings (SSSR count). The largest absolute Gasteiger partial charge is 0.478 e. The number of carboxylic acids is 1. The molecule has 0 unspecified atom stereocenters. The van der Waals surface area contributed by atoms with Gasteiger partial charge in [-0.1, -0.05) is 25.3 Å². The van der Waals surface area contributed by atoms with Gasteiger partial charge in [-0.15, -0.1) is 0 Å². The fourth-order valence-electron chi connectivity index (χ4n) is 4.90. The predicted molar refractivity (Wildman–Crippen MR) is 111 cm³/mol. The molecule has 0 saturated heterocycles. The SMILES string of the molecule is Cc1ccc2c(n1)-c1c(C3CCCCC3)c3ccc(C(=O)O)cc3n1CC(=O)N2. The van der Waals surface area contributed by atoms with Crippen LogP contribution in [0.15, 0.2) is 30.3 Å². The molecule has 1 aromatic carbocycles. The lowest BCUT2D eigenvalue weighted by Gasteiger charge is -2.23. The van der Waals surface area contributed by atoms with Crippen LogP contribution in [0.5, 0.6) is 0 Å². The molecule has 1 aliphatic carbocycles. The summed E-state index contributed by atoms with van der Waals surface area (Å²) in [5, 5.41) is 13.5. The van der Waals surface area contributed by atoms with E-state index in [4.69, 9.17) is 4.98 Å². The summed E-state index contributed by atoms with van der Waals surface area (Å²) in [6, 6.07) is 9.09. The number of nitrogens with zero attached hydrogens (tertiary/aromatic N) is 2. The van der Waals surface area contributed by atoms with Gasteiger partial charge in [0.1, 0.15) is 12.2 Å². The van der Waals surface area contributed by atoms with Gasteiger partial charge in [-0.25, -0.2) is 9.78 Å². The number of carbonyl (C=O) groups is 2. The molecule has 0 bridgehead atoms. The summed E-state index contributed by atoms with van der Waals surface area (Å²) < 4.78 is 1.97. The molecule has 0 atom stereocenters. The van der Waals surface area contributed by atoms with Crippen molar-refractivity contribution in [2.45, 2.75) is 51.5 Å². The van der Waals surface area contributed by atoms with E-state index < -0.39 is 5.97 Å². The van der Waals surface area contributed by atoms with Gasteiger partial charge in [0.15, 0.2) is 0 Å². The Bertz CT molecular complexity index is 1160. The van der Waals surface area contributed by atoms with Crippen LogP contribution < -0.4 is 5.32 Å². The Morgan fingerprint density at radius 1 is 1.17 bits per heavy atom. The van der Waals surface area contributed by atoms with E-state index in [2.05, 4.69) is 5.32 Å². The summed E-state index contributed by atoms with van der Waals surface area (Å²) in [6.07, 6.45) is 5.84. The van der Waals surface area contributed by atoms with Crippen molar-refractivity contribution in [1.29, 1.82) is 0 Å². The van der Waals surface area contributed by atoms with E-state index in [0.29, 0.717) is 5.92 Å². The maximum absolute atomic E-state index is 12.7. The van der Waals surface area contributed by atoms with E-state index in [1.165, 1.54) is 24.8 Å². The van der Waals surface area contributed by atoms with E-state index in [1.807, 2.05) is 29.7 Å². The molecule has 1 fully saturated rings. The second-order valence-corrected chi connectivity index (χ2v) is 8.12. The molecular formula is C23H23N3O3. The van der Waals surface area contributed by atoms with E-state index >= 15 is 0 Å². The number of hydrogen-bond donors (Lipinski definition) is 2. The number of nitrogens with one attached hydrogen (secondary N) is 1. The Balaban J connectivity index is 1.88. The summed E-state index contributed by atoms with van der Waals surface area (Å²) in [7, 11) is 0. The highest BCUT2D eigenvalue weighted by Gasteiger charge is 2.31. The lowest BCUT2D eigenvalue weighted by atomic mass is 9.82. The highest BCUT2D eigenvalue weighted by molar-refractivity contribution is 6.03. The molecular weight excluding hydrogens is 366 g/mol. The van der Waals surface area contributed by atoms with Crippen LogP contribution in [-0.2, 0) is 11.3 Å². The highest BCUT2D eigenvalue weighted by Crippen LogP contribution is 2.46. The number of amides is 1. The second kappa shape index (κ2) is 6.72. The van der Waals surface area contributed by atoms with Gasteiger partial charge in [0, 0.05) is 11.1 Å². The Hall–Kier alpha value is -3.15. The maximum atomic E-state index is 12.7. The van der Waals surface area contributed by atoms with Crippen molar-refractivity contribution < 1.29 is 14.7 Å². The molecule has 6 nitrogen and oxygen atoms in total. The van der Waals surface area contributed by atoms with Gasteiger partial charge in [-0.3, -0.25) is 4.79 Å². The molecule has 6 heteroatoms. The third kappa shape index (κ3) is 2.90. The lowest BCUT2D eigenvalue weighted by molar-refractivity contribution is -0.116. The fraction of sp³-hybridized carbons (Fsp3) is 0.348. The minimum Gasteiger partial charge on any atom is -0.478 e. The van der Waals surface area contributed by atoms with Crippen molar-refractivity contribution in [2.75, 3.05) is 5.32 Å². The van der Waals surface area contributed by atoms with Gasteiger partial charge < -0.3 is 15.0 Å². The van der Waals surface area contributed by atoms with Crippen molar-refractivity contribution in [3.05, 3.63) is 47.2 Å². The number of aromatic carboxylic acids is 1. The number of aryl methyl sites for hydroxylation is 1. The number of carbonyl (C=O) groups excluding carboxylic acids is 1. The normalized spacial score (nSPS) is 16.8. The van der Waals surface area contributed by atoms with Crippen LogP contribution in [0.3, 0.4) is 0 Å². The fourth-order valence-corrected chi connectivity index (χ4v) is 4.90. The van der Waals surface area contributed by atoms with Crippen LogP contribution in [0.2, 0.25) is 0 Å². The predicted octanol–water partition coefficient (Wildman–Crippen LogP) is 4.71. The minimum absolute atomic E-state index is 0.122. The van der Waals surface area contributed by atoms with Crippen LogP contribution in [-0.4, -0.2) is 26.5 Å². The maximum Gasteiger partial charge on any atom is 0.335 e. The molecule has 1 saturated carbocycles. The quantitative estimate of drug-likeness (QED) is 0.665. The van der Waals surface area contributed by atoms with Crippen LogP contribution >= 0.6 is 0 Å². The van der Waals surface area contributed by atoms with Crippen molar-refractivity contribution in [3.63, 3.8) is 0 Å². The zero-order valence-corrected chi connectivity index (χ0v) is 16.4. The zero-order valence-electron chi connectivity index (χ0n) is 16.4. The summed E-state index contributed by atoms with van der Waals surface area (Å²) in [5.74, 6) is -0.695. The van der Waals surface area contributed by atoms with E-state index in [0.717, 1.165) is 46.5 Å². The Kier molecular flexibility index (Phi) is 4.15. The van der Waals surface area contributed by atoms with E-state index in [9.17, 15) is 14.7 Å². The molecule has 3 heterocycles. The summed E-state index contributed by atoms with van der Waals surface area (Å²) in [5.41, 5.74) is 5.60. The van der Waals surface area contributed by atoms with Crippen molar-refractivity contribution in [2.24, 2.45) is 0 Å². The number of fused-ring (bicyclic) bond motifs is 5. The van der Waals surface area contributed by atoms with Crippen molar-refractivity contribution >= 4 is 28.5 Å². The number of aromatic nitrogens is 2. The molecule has 1 aliphatic heterocycles. The summed E-state index contributed by atoms with van der Waals surface area (Å²) in [6.45, 7) is 2.10. The molecule has 0 spiro atoms. The number of pyridine rings is 1. The first-order chi connectivity index (χ1) is 14.0. The van der Waals surface area contributed by atoms with E-state index in [-0.39, 0.29) is 18.0 Å².